The van der Waals surface area contributed by atoms with Crippen LogP contribution in [0.1, 0.15) is 24.5 Å². The molecule has 1 aromatic rings. The van der Waals surface area contributed by atoms with Crippen LogP contribution in [0, 0.1) is 5.82 Å². The zero-order valence-electron chi connectivity index (χ0n) is 10.9. The Hall–Kier alpha value is -0.970. The third-order valence-corrected chi connectivity index (χ3v) is 3.57. The molecule has 1 unspecified atom stereocenters. The second-order valence-electron chi connectivity index (χ2n) is 4.70. The van der Waals surface area contributed by atoms with E-state index in [1.54, 1.807) is 6.07 Å². The fourth-order valence-corrected chi connectivity index (χ4v) is 2.40. The van der Waals surface area contributed by atoms with Crippen molar-refractivity contribution in [1.82, 2.24) is 4.90 Å². The quantitative estimate of drug-likeness (QED) is 0.889. The van der Waals surface area contributed by atoms with E-state index < -0.39 is 0 Å². The molecule has 2 rings (SSSR count). The number of ether oxygens (including phenoxy) is 1. The molecule has 0 saturated carbocycles. The number of hydrogen-bond donors (Lipinski definition) is 1. The molecule has 4 heteroatoms. The van der Waals surface area contributed by atoms with Crippen LogP contribution in [-0.4, -0.2) is 30.7 Å². The van der Waals surface area contributed by atoms with E-state index in [0.717, 1.165) is 31.7 Å². The Balaban J connectivity index is 2.12. The van der Waals surface area contributed by atoms with Crippen molar-refractivity contribution in [3.63, 3.8) is 0 Å². The Morgan fingerprint density at radius 3 is 2.94 bits per heavy atom. The number of benzene rings is 1. The maximum atomic E-state index is 14.1. The SMILES string of the molecule is CCC1COCCN1Cc1cccc(CN)c1F. The molecule has 1 fully saturated rings. The van der Waals surface area contributed by atoms with E-state index in [1.165, 1.54) is 0 Å². The predicted octanol–water partition coefficient (Wildman–Crippen LogP) is 1.90. The summed E-state index contributed by atoms with van der Waals surface area (Å²) in [7, 11) is 0. The maximum absolute atomic E-state index is 14.1. The van der Waals surface area contributed by atoms with Crippen LogP contribution in [0.15, 0.2) is 18.2 Å². The summed E-state index contributed by atoms with van der Waals surface area (Å²) in [5.41, 5.74) is 6.86. The van der Waals surface area contributed by atoms with Gasteiger partial charge in [-0.25, -0.2) is 4.39 Å². The standard InChI is InChI=1S/C14H21FN2O/c1-2-13-10-18-7-6-17(13)9-12-5-3-4-11(8-16)14(12)15/h3-5,13H,2,6-10,16H2,1H3. The average Bonchev–Trinajstić information content (AvgIpc) is 2.42. The molecular formula is C14H21FN2O. The number of hydrogen-bond acceptors (Lipinski definition) is 3. The van der Waals surface area contributed by atoms with Crippen LogP contribution in [0.4, 0.5) is 4.39 Å². The lowest BCUT2D eigenvalue weighted by Crippen LogP contribution is -2.44. The van der Waals surface area contributed by atoms with Crippen LogP contribution in [0.2, 0.25) is 0 Å². The lowest BCUT2D eigenvalue weighted by molar-refractivity contribution is -0.0131. The number of nitrogens with zero attached hydrogens (tertiary/aromatic N) is 1. The van der Waals surface area contributed by atoms with Crippen molar-refractivity contribution in [1.29, 1.82) is 0 Å². The van der Waals surface area contributed by atoms with Gasteiger partial charge in [0.1, 0.15) is 5.82 Å². The molecule has 0 aliphatic carbocycles. The third-order valence-electron chi connectivity index (χ3n) is 3.57. The number of rotatable bonds is 4. The lowest BCUT2D eigenvalue weighted by atomic mass is 10.1. The van der Waals surface area contributed by atoms with Crippen molar-refractivity contribution in [2.24, 2.45) is 5.73 Å². The Morgan fingerprint density at radius 2 is 2.22 bits per heavy atom. The molecule has 1 aliphatic rings. The van der Waals surface area contributed by atoms with Gasteiger partial charge in [0.05, 0.1) is 13.2 Å². The summed E-state index contributed by atoms with van der Waals surface area (Å²) in [6, 6.07) is 5.85. The van der Waals surface area contributed by atoms with Gasteiger partial charge < -0.3 is 10.5 Å². The summed E-state index contributed by atoms with van der Waals surface area (Å²) >= 11 is 0. The molecule has 1 aliphatic heterocycles. The zero-order chi connectivity index (χ0) is 13.0. The van der Waals surface area contributed by atoms with E-state index in [1.807, 2.05) is 12.1 Å². The van der Waals surface area contributed by atoms with E-state index in [0.29, 0.717) is 18.2 Å². The molecular weight excluding hydrogens is 231 g/mol. The van der Waals surface area contributed by atoms with Crippen LogP contribution >= 0.6 is 0 Å². The molecule has 1 heterocycles. The molecule has 18 heavy (non-hydrogen) atoms. The second-order valence-corrected chi connectivity index (χ2v) is 4.70. The minimum Gasteiger partial charge on any atom is -0.378 e. The summed E-state index contributed by atoms with van der Waals surface area (Å²) in [6.07, 6.45) is 1.03. The largest absolute Gasteiger partial charge is 0.378 e. The van der Waals surface area contributed by atoms with Gasteiger partial charge in [-0.3, -0.25) is 4.90 Å². The van der Waals surface area contributed by atoms with E-state index in [9.17, 15) is 4.39 Å². The highest BCUT2D eigenvalue weighted by Crippen LogP contribution is 2.18. The predicted molar refractivity (Wildman–Crippen MR) is 69.6 cm³/mol. The first-order chi connectivity index (χ1) is 8.76. The van der Waals surface area contributed by atoms with E-state index in [4.69, 9.17) is 10.5 Å². The summed E-state index contributed by atoms with van der Waals surface area (Å²) < 4.78 is 19.6. The van der Waals surface area contributed by atoms with Gasteiger partial charge in [-0.1, -0.05) is 25.1 Å². The Morgan fingerprint density at radius 1 is 1.44 bits per heavy atom. The summed E-state index contributed by atoms with van der Waals surface area (Å²) in [4.78, 5) is 2.29. The molecule has 0 amide bonds. The molecule has 1 saturated heterocycles. The van der Waals surface area contributed by atoms with E-state index >= 15 is 0 Å². The fraction of sp³-hybridized carbons (Fsp3) is 0.571. The van der Waals surface area contributed by atoms with Crippen LogP contribution in [0.3, 0.4) is 0 Å². The van der Waals surface area contributed by atoms with E-state index in [-0.39, 0.29) is 12.4 Å². The first kappa shape index (κ1) is 13.5. The van der Waals surface area contributed by atoms with Gasteiger partial charge in [0.2, 0.25) is 0 Å². The summed E-state index contributed by atoms with van der Waals surface area (Å²) in [5, 5.41) is 0. The van der Waals surface area contributed by atoms with Gasteiger partial charge in [0, 0.05) is 36.8 Å². The molecule has 1 aromatic carbocycles. The molecule has 0 radical (unpaired) electrons. The van der Waals surface area contributed by atoms with Crippen LogP contribution in [0.5, 0.6) is 0 Å². The molecule has 0 spiro atoms. The fourth-order valence-electron chi connectivity index (χ4n) is 2.40. The molecule has 0 bridgehead atoms. The van der Waals surface area contributed by atoms with Crippen molar-refractivity contribution < 1.29 is 9.13 Å². The third kappa shape index (κ3) is 2.88. The average molecular weight is 252 g/mol. The minimum atomic E-state index is -0.152. The Kier molecular flexibility index (Phi) is 4.69. The molecule has 3 nitrogen and oxygen atoms in total. The molecule has 2 N–H and O–H groups in total. The van der Waals surface area contributed by atoms with Crippen LogP contribution in [0.25, 0.3) is 0 Å². The minimum absolute atomic E-state index is 0.152. The molecule has 100 valence electrons. The topological polar surface area (TPSA) is 38.5 Å². The Bertz CT molecular complexity index is 397. The van der Waals surface area contributed by atoms with Crippen molar-refractivity contribution in [2.75, 3.05) is 19.8 Å². The lowest BCUT2D eigenvalue weighted by Gasteiger charge is -2.35. The van der Waals surface area contributed by atoms with Crippen LogP contribution < -0.4 is 5.73 Å². The first-order valence-electron chi connectivity index (χ1n) is 6.54. The Labute approximate surface area is 108 Å². The van der Waals surface area contributed by atoms with Crippen molar-refractivity contribution in [3.05, 3.63) is 35.1 Å². The number of nitrogens with two attached hydrogens (primary N) is 1. The van der Waals surface area contributed by atoms with Gasteiger partial charge in [-0.05, 0) is 6.42 Å². The summed E-state index contributed by atoms with van der Waals surface area (Å²) in [6.45, 7) is 5.37. The number of halogens is 1. The maximum Gasteiger partial charge on any atom is 0.132 e. The monoisotopic (exact) mass is 252 g/mol. The molecule has 1 atom stereocenters. The van der Waals surface area contributed by atoms with Gasteiger partial charge in [0.25, 0.3) is 0 Å². The van der Waals surface area contributed by atoms with Crippen molar-refractivity contribution >= 4 is 0 Å². The smallest absolute Gasteiger partial charge is 0.132 e. The first-order valence-corrected chi connectivity index (χ1v) is 6.54. The van der Waals surface area contributed by atoms with Crippen LogP contribution in [-0.2, 0) is 17.8 Å². The normalized spacial score (nSPS) is 21.2. The van der Waals surface area contributed by atoms with Gasteiger partial charge in [-0.15, -0.1) is 0 Å². The number of morpholine rings is 1. The van der Waals surface area contributed by atoms with E-state index in [2.05, 4.69) is 11.8 Å². The van der Waals surface area contributed by atoms with Gasteiger partial charge in [0.15, 0.2) is 0 Å². The van der Waals surface area contributed by atoms with Crippen molar-refractivity contribution in [2.45, 2.75) is 32.5 Å². The van der Waals surface area contributed by atoms with Crippen molar-refractivity contribution in [3.8, 4) is 0 Å². The highest BCUT2D eigenvalue weighted by Gasteiger charge is 2.22. The summed E-state index contributed by atoms with van der Waals surface area (Å²) in [5.74, 6) is -0.152. The molecule has 0 aromatic heterocycles. The second kappa shape index (κ2) is 6.27. The highest BCUT2D eigenvalue weighted by molar-refractivity contribution is 5.26. The van der Waals surface area contributed by atoms with Gasteiger partial charge >= 0.3 is 0 Å². The van der Waals surface area contributed by atoms with Gasteiger partial charge in [-0.2, -0.15) is 0 Å². The zero-order valence-corrected chi connectivity index (χ0v) is 10.9. The highest BCUT2D eigenvalue weighted by atomic mass is 19.1.